The van der Waals surface area contributed by atoms with Crippen molar-refractivity contribution < 1.29 is 14.4 Å². The van der Waals surface area contributed by atoms with E-state index in [0.717, 1.165) is 0 Å². The lowest BCUT2D eigenvalue weighted by atomic mass is 10.1. The van der Waals surface area contributed by atoms with Gasteiger partial charge in [-0.25, -0.2) is 0 Å². The minimum absolute atomic E-state index is 0.225. The van der Waals surface area contributed by atoms with E-state index in [-0.39, 0.29) is 17.7 Å². The van der Waals surface area contributed by atoms with E-state index < -0.39 is 0 Å². The molecule has 0 spiro atoms. The standard InChI is InChI=1S/C21H19N3O3S/c1-13-14(19(25)22-2)8-5-10-16(13)23-20(26)15-7-3-4-9-17(15)24-21(27)18-11-6-12-28-18/h3-12H,1-2H3,(H,22,25)(H,23,26)(H,24,27). The topological polar surface area (TPSA) is 87.3 Å². The summed E-state index contributed by atoms with van der Waals surface area (Å²) in [7, 11) is 1.56. The maximum atomic E-state index is 12.8. The number of thiophene rings is 1. The summed E-state index contributed by atoms with van der Waals surface area (Å²) in [6.07, 6.45) is 0. The van der Waals surface area contributed by atoms with E-state index in [1.165, 1.54) is 11.3 Å². The molecule has 142 valence electrons. The Balaban J connectivity index is 1.84. The first-order valence-electron chi connectivity index (χ1n) is 8.58. The van der Waals surface area contributed by atoms with E-state index in [1.807, 2.05) is 5.38 Å². The van der Waals surface area contributed by atoms with Gasteiger partial charge in [-0.3, -0.25) is 14.4 Å². The van der Waals surface area contributed by atoms with Crippen LogP contribution in [0.1, 0.15) is 36.0 Å². The second-order valence-electron chi connectivity index (χ2n) is 5.99. The SMILES string of the molecule is CNC(=O)c1cccc(NC(=O)c2ccccc2NC(=O)c2cccs2)c1C. The fourth-order valence-corrected chi connectivity index (χ4v) is 3.34. The van der Waals surface area contributed by atoms with Crippen molar-refractivity contribution in [2.75, 3.05) is 17.7 Å². The average molecular weight is 393 g/mol. The van der Waals surface area contributed by atoms with Crippen molar-refractivity contribution in [1.29, 1.82) is 0 Å². The number of hydrogen-bond donors (Lipinski definition) is 3. The monoisotopic (exact) mass is 393 g/mol. The fourth-order valence-electron chi connectivity index (χ4n) is 2.72. The van der Waals surface area contributed by atoms with Crippen molar-refractivity contribution >= 4 is 40.4 Å². The van der Waals surface area contributed by atoms with Gasteiger partial charge in [0.25, 0.3) is 17.7 Å². The zero-order valence-electron chi connectivity index (χ0n) is 15.4. The summed E-state index contributed by atoms with van der Waals surface area (Å²) >= 11 is 1.33. The molecule has 0 radical (unpaired) electrons. The molecule has 7 heteroatoms. The molecular formula is C21H19N3O3S. The Hall–Kier alpha value is -3.45. The number of nitrogens with one attached hydrogen (secondary N) is 3. The van der Waals surface area contributed by atoms with Crippen LogP contribution in [0.3, 0.4) is 0 Å². The first-order valence-corrected chi connectivity index (χ1v) is 9.46. The minimum atomic E-state index is -0.376. The second-order valence-corrected chi connectivity index (χ2v) is 6.94. The summed E-state index contributed by atoms with van der Waals surface area (Å²) in [4.78, 5) is 37.7. The number of amides is 3. The van der Waals surface area contributed by atoms with Crippen molar-refractivity contribution in [2.45, 2.75) is 6.92 Å². The van der Waals surface area contributed by atoms with Gasteiger partial charge in [-0.1, -0.05) is 24.3 Å². The van der Waals surface area contributed by atoms with Gasteiger partial charge in [0.15, 0.2) is 0 Å². The molecule has 0 aliphatic carbocycles. The molecule has 0 aliphatic rings. The summed E-state index contributed by atoms with van der Waals surface area (Å²) < 4.78 is 0. The summed E-state index contributed by atoms with van der Waals surface area (Å²) in [5.41, 5.74) is 2.43. The van der Waals surface area contributed by atoms with Crippen molar-refractivity contribution in [3.63, 3.8) is 0 Å². The molecule has 0 atom stereocenters. The number of para-hydroxylation sites is 1. The van der Waals surface area contributed by atoms with E-state index in [4.69, 9.17) is 0 Å². The van der Waals surface area contributed by atoms with Crippen LogP contribution in [0.5, 0.6) is 0 Å². The van der Waals surface area contributed by atoms with E-state index in [1.54, 1.807) is 68.6 Å². The Morgan fingerprint density at radius 2 is 1.43 bits per heavy atom. The van der Waals surface area contributed by atoms with Gasteiger partial charge in [0.1, 0.15) is 0 Å². The van der Waals surface area contributed by atoms with Crippen molar-refractivity contribution in [3.05, 3.63) is 81.5 Å². The third-order valence-corrected chi connectivity index (χ3v) is 5.09. The van der Waals surface area contributed by atoms with Crippen LogP contribution in [0.25, 0.3) is 0 Å². The average Bonchev–Trinajstić information content (AvgIpc) is 3.24. The van der Waals surface area contributed by atoms with Gasteiger partial charge in [0, 0.05) is 18.3 Å². The molecule has 0 bridgehead atoms. The predicted octanol–water partition coefficient (Wildman–Crippen LogP) is 3.92. The molecule has 28 heavy (non-hydrogen) atoms. The third kappa shape index (κ3) is 4.10. The quantitative estimate of drug-likeness (QED) is 0.614. The molecule has 3 aromatic rings. The van der Waals surface area contributed by atoms with Crippen LogP contribution in [0, 0.1) is 6.92 Å². The number of hydrogen-bond acceptors (Lipinski definition) is 4. The highest BCUT2D eigenvalue weighted by molar-refractivity contribution is 7.12. The maximum absolute atomic E-state index is 12.8. The zero-order chi connectivity index (χ0) is 20.1. The van der Waals surface area contributed by atoms with Gasteiger partial charge in [-0.2, -0.15) is 0 Å². The minimum Gasteiger partial charge on any atom is -0.355 e. The fraction of sp³-hybridized carbons (Fsp3) is 0.0952. The third-order valence-electron chi connectivity index (χ3n) is 4.22. The molecule has 0 fully saturated rings. The van der Waals surface area contributed by atoms with Crippen LogP contribution in [-0.2, 0) is 0 Å². The summed E-state index contributed by atoms with van der Waals surface area (Å²) in [5, 5.41) is 10.0. The van der Waals surface area contributed by atoms with Crippen LogP contribution in [-0.4, -0.2) is 24.8 Å². The molecule has 0 aliphatic heterocycles. The highest BCUT2D eigenvalue weighted by Gasteiger charge is 2.17. The van der Waals surface area contributed by atoms with Gasteiger partial charge in [-0.05, 0) is 48.2 Å². The zero-order valence-corrected chi connectivity index (χ0v) is 16.2. The maximum Gasteiger partial charge on any atom is 0.265 e. The highest BCUT2D eigenvalue weighted by Crippen LogP contribution is 2.23. The molecular weight excluding hydrogens is 374 g/mol. The van der Waals surface area contributed by atoms with Gasteiger partial charge < -0.3 is 16.0 Å². The predicted molar refractivity (Wildman–Crippen MR) is 111 cm³/mol. The van der Waals surface area contributed by atoms with Crippen LogP contribution in [0.2, 0.25) is 0 Å². The van der Waals surface area contributed by atoms with Crippen LogP contribution in [0.15, 0.2) is 60.0 Å². The summed E-state index contributed by atoms with van der Waals surface area (Å²) in [6, 6.07) is 15.4. The van der Waals surface area contributed by atoms with Crippen LogP contribution >= 0.6 is 11.3 Å². The van der Waals surface area contributed by atoms with Gasteiger partial charge >= 0.3 is 0 Å². The van der Waals surface area contributed by atoms with Crippen LogP contribution in [0.4, 0.5) is 11.4 Å². The molecule has 0 saturated heterocycles. The second kappa shape index (κ2) is 8.49. The van der Waals surface area contributed by atoms with E-state index in [9.17, 15) is 14.4 Å². The Labute approximate surface area is 166 Å². The van der Waals surface area contributed by atoms with E-state index in [2.05, 4.69) is 16.0 Å². The van der Waals surface area contributed by atoms with Crippen LogP contribution < -0.4 is 16.0 Å². The highest BCUT2D eigenvalue weighted by atomic mass is 32.1. The lowest BCUT2D eigenvalue weighted by Crippen LogP contribution is -2.21. The Morgan fingerprint density at radius 1 is 0.750 bits per heavy atom. The number of carbonyl (C=O) groups excluding carboxylic acids is 3. The number of rotatable bonds is 5. The number of anilines is 2. The molecule has 3 N–H and O–H groups in total. The molecule has 1 heterocycles. The smallest absolute Gasteiger partial charge is 0.265 e. The van der Waals surface area contributed by atoms with Gasteiger partial charge in [-0.15, -0.1) is 11.3 Å². The molecule has 0 unspecified atom stereocenters. The molecule has 1 aromatic heterocycles. The lowest BCUT2D eigenvalue weighted by molar-refractivity contribution is 0.0960. The first-order chi connectivity index (χ1) is 13.5. The molecule has 3 amide bonds. The number of carbonyl (C=O) groups is 3. The van der Waals surface area contributed by atoms with Crippen molar-refractivity contribution in [2.24, 2.45) is 0 Å². The first kappa shape index (κ1) is 19.3. The summed E-state index contributed by atoms with van der Waals surface area (Å²) in [5.74, 6) is -0.871. The molecule has 0 saturated carbocycles. The Kier molecular flexibility index (Phi) is 5.86. The van der Waals surface area contributed by atoms with Gasteiger partial charge in [0.05, 0.1) is 16.1 Å². The molecule has 2 aromatic carbocycles. The van der Waals surface area contributed by atoms with Crippen molar-refractivity contribution in [3.8, 4) is 0 Å². The number of benzene rings is 2. The molecule has 3 rings (SSSR count). The Bertz CT molecular complexity index is 1030. The normalized spacial score (nSPS) is 10.2. The molecule has 6 nitrogen and oxygen atoms in total. The van der Waals surface area contributed by atoms with Gasteiger partial charge in [0.2, 0.25) is 0 Å². The Morgan fingerprint density at radius 3 is 2.14 bits per heavy atom. The lowest BCUT2D eigenvalue weighted by Gasteiger charge is -2.14. The summed E-state index contributed by atoms with van der Waals surface area (Å²) in [6.45, 7) is 1.77. The van der Waals surface area contributed by atoms with Crippen molar-refractivity contribution in [1.82, 2.24) is 5.32 Å². The van der Waals surface area contributed by atoms with E-state index in [0.29, 0.717) is 32.9 Å². The van der Waals surface area contributed by atoms with E-state index >= 15 is 0 Å². The largest absolute Gasteiger partial charge is 0.355 e.